The molecule has 2 radical (unpaired) electrons. The van der Waals surface area contributed by atoms with Gasteiger partial charge in [-0.25, -0.2) is 0 Å². The molecule has 0 aromatic heterocycles. The molecule has 62 valence electrons. The molecule has 0 fully saturated rings. The van der Waals surface area contributed by atoms with E-state index in [4.69, 9.17) is 11.7 Å². The highest BCUT2D eigenvalue weighted by Gasteiger charge is 1.74. The summed E-state index contributed by atoms with van der Waals surface area (Å²) in [4.78, 5) is 0. The van der Waals surface area contributed by atoms with Crippen molar-refractivity contribution in [1.29, 1.82) is 0 Å². The Bertz CT molecular complexity index is 38.0. The van der Waals surface area contributed by atoms with Crippen molar-refractivity contribution in [3.63, 3.8) is 0 Å². The van der Waals surface area contributed by atoms with E-state index in [1.807, 2.05) is 0 Å². The van der Waals surface area contributed by atoms with Gasteiger partial charge in [0.05, 0.1) is 0 Å². The number of rotatable bonds is 6. The van der Waals surface area contributed by atoms with Crippen LogP contribution in [0.4, 0.5) is 0 Å². The van der Waals surface area contributed by atoms with Crippen LogP contribution in [0.25, 0.3) is 0 Å². The largest absolute Gasteiger partial charge is 0.257 e. The van der Waals surface area contributed by atoms with Gasteiger partial charge in [-0.3, -0.25) is 11.7 Å². The standard InChI is InChI=1S/H11N9.O/c1-3-5-7-9-8-6-4-2;/h3-9H,1-2H2;. The molecule has 0 heterocycles. The van der Waals surface area contributed by atoms with Crippen molar-refractivity contribution < 1.29 is 5.48 Å². The third kappa shape index (κ3) is 10.6. The zero-order valence-corrected chi connectivity index (χ0v) is 5.06. The number of hydrogen-bond donors (Lipinski definition) is 9. The molecule has 0 unspecified atom stereocenters. The first kappa shape index (κ1) is 12.3. The average molecular weight is 153 g/mol. The van der Waals surface area contributed by atoms with Gasteiger partial charge in [0.25, 0.3) is 0 Å². The highest BCUT2D eigenvalue weighted by atomic mass is 16.0. The fourth-order valence-electron chi connectivity index (χ4n) is 0.166. The van der Waals surface area contributed by atoms with Crippen LogP contribution in [0.3, 0.4) is 0 Å². The third-order valence-electron chi connectivity index (χ3n) is 0.394. The number of hydrogen-bond acceptors (Lipinski definition) is 9. The van der Waals surface area contributed by atoms with Crippen molar-refractivity contribution in [2.24, 2.45) is 11.7 Å². The minimum atomic E-state index is 0. The molecule has 0 spiro atoms. The van der Waals surface area contributed by atoms with Gasteiger partial charge in [0, 0.05) is 5.48 Å². The Morgan fingerprint density at radius 1 is 0.600 bits per heavy atom. The molecule has 0 aliphatic heterocycles. The van der Waals surface area contributed by atoms with Crippen LogP contribution in [-0.2, 0) is 5.48 Å². The summed E-state index contributed by atoms with van der Waals surface area (Å²) in [5, 5.41) is 0. The van der Waals surface area contributed by atoms with Gasteiger partial charge < -0.3 is 0 Å². The number of nitrogens with one attached hydrogen (secondary N) is 7. The lowest BCUT2D eigenvalue weighted by molar-refractivity contribution is 0.275. The molecule has 0 aliphatic rings. The quantitative estimate of drug-likeness (QED) is 0.103. The van der Waals surface area contributed by atoms with Crippen LogP contribution >= 0.6 is 0 Å². The van der Waals surface area contributed by atoms with Gasteiger partial charge >= 0.3 is 0 Å². The number of hydrazine groups is 8. The topological polar surface area (TPSA) is 165 Å². The van der Waals surface area contributed by atoms with E-state index < -0.39 is 0 Å². The summed E-state index contributed by atoms with van der Waals surface area (Å²) in [6.07, 6.45) is 0. The molecule has 0 atom stereocenters. The lowest BCUT2D eigenvalue weighted by atomic mass is 12.1. The van der Waals surface area contributed by atoms with E-state index in [-0.39, 0.29) is 5.48 Å². The smallest absolute Gasteiger partial charge is 0 e. The minimum absolute atomic E-state index is 0. The Morgan fingerprint density at radius 2 is 0.900 bits per heavy atom. The second kappa shape index (κ2) is 11.4. The van der Waals surface area contributed by atoms with Gasteiger partial charge in [-0.1, -0.05) is 0 Å². The zero-order valence-electron chi connectivity index (χ0n) is 5.06. The van der Waals surface area contributed by atoms with Crippen LogP contribution in [0, 0.1) is 0 Å². The summed E-state index contributed by atoms with van der Waals surface area (Å²) < 4.78 is 0. The molecular formula is H11N9O. The van der Waals surface area contributed by atoms with Gasteiger partial charge in [0.15, 0.2) is 0 Å². The third-order valence-corrected chi connectivity index (χ3v) is 0.394. The Morgan fingerprint density at radius 3 is 1.20 bits per heavy atom. The summed E-state index contributed by atoms with van der Waals surface area (Å²) in [5.41, 5.74) is 15.9. The predicted octanol–water partition coefficient (Wildman–Crippen LogP) is -4.77. The van der Waals surface area contributed by atoms with Crippen LogP contribution in [0.2, 0.25) is 0 Å². The first-order valence-electron chi connectivity index (χ1n) is 2.08. The molecule has 0 aromatic carbocycles. The SMILES string of the molecule is NNNNNNNNN.[O]. The van der Waals surface area contributed by atoms with Crippen LogP contribution in [0.1, 0.15) is 0 Å². The van der Waals surface area contributed by atoms with Crippen molar-refractivity contribution in [3.8, 4) is 0 Å². The summed E-state index contributed by atoms with van der Waals surface area (Å²) in [6, 6.07) is 0. The molecule has 0 amide bonds. The Kier molecular flexibility index (Phi) is 14.0. The highest BCUT2D eigenvalue weighted by molar-refractivity contribution is 4.08. The maximum absolute atomic E-state index is 4.79. The lowest BCUT2D eigenvalue weighted by Crippen LogP contribution is -2.63. The van der Waals surface area contributed by atoms with Crippen molar-refractivity contribution in [2.75, 3.05) is 0 Å². The van der Waals surface area contributed by atoms with Crippen molar-refractivity contribution in [3.05, 3.63) is 0 Å². The van der Waals surface area contributed by atoms with Crippen LogP contribution < -0.4 is 50.4 Å². The van der Waals surface area contributed by atoms with Gasteiger partial charge in [-0.2, -0.15) is 38.7 Å². The lowest BCUT2D eigenvalue weighted by Gasteiger charge is -2.07. The molecule has 10 heavy (non-hydrogen) atoms. The van der Waals surface area contributed by atoms with Gasteiger partial charge in [-0.15, -0.1) is 0 Å². The molecule has 0 saturated carbocycles. The molecule has 10 nitrogen and oxygen atoms in total. The molecule has 0 aromatic rings. The van der Waals surface area contributed by atoms with Crippen LogP contribution in [-0.4, -0.2) is 0 Å². The van der Waals surface area contributed by atoms with Gasteiger partial charge in [0.1, 0.15) is 0 Å². The summed E-state index contributed by atoms with van der Waals surface area (Å²) in [7, 11) is 0. The minimum Gasteiger partial charge on any atom is -0.257 e. The molecule has 0 aliphatic carbocycles. The molecule has 10 heteroatoms. The fraction of sp³-hybridized carbons (Fsp3) is 0. The fourth-order valence-corrected chi connectivity index (χ4v) is 0.166. The number of nitrogens with two attached hydrogens (primary N) is 2. The van der Waals surface area contributed by atoms with Crippen molar-refractivity contribution in [1.82, 2.24) is 38.7 Å². The van der Waals surface area contributed by atoms with E-state index in [0.717, 1.165) is 0 Å². The maximum Gasteiger partial charge on any atom is 0 e. The monoisotopic (exact) mass is 153 g/mol. The van der Waals surface area contributed by atoms with Crippen molar-refractivity contribution in [2.45, 2.75) is 0 Å². The van der Waals surface area contributed by atoms with E-state index >= 15 is 0 Å². The molecule has 11 N–H and O–H groups in total. The second-order valence-corrected chi connectivity index (χ2v) is 0.914. The molecule has 0 saturated heterocycles. The molecule has 0 bridgehead atoms. The average Bonchev–Trinajstić information content (AvgIpc) is 1.89. The van der Waals surface area contributed by atoms with E-state index in [1.165, 1.54) is 0 Å². The van der Waals surface area contributed by atoms with Crippen molar-refractivity contribution >= 4 is 0 Å². The Labute approximate surface area is 57.1 Å². The van der Waals surface area contributed by atoms with Gasteiger partial charge in [0.2, 0.25) is 0 Å². The van der Waals surface area contributed by atoms with E-state index in [0.29, 0.717) is 0 Å². The van der Waals surface area contributed by atoms with Crippen LogP contribution in [0.5, 0.6) is 0 Å². The molecule has 0 rings (SSSR count). The summed E-state index contributed by atoms with van der Waals surface area (Å²) in [5.74, 6) is 9.58. The van der Waals surface area contributed by atoms with E-state index in [2.05, 4.69) is 38.7 Å². The maximum atomic E-state index is 4.79. The van der Waals surface area contributed by atoms with E-state index in [9.17, 15) is 0 Å². The predicted molar refractivity (Wildman–Crippen MR) is 31.0 cm³/mol. The van der Waals surface area contributed by atoms with Gasteiger partial charge in [-0.05, 0) is 0 Å². The second-order valence-electron chi connectivity index (χ2n) is 0.914. The summed E-state index contributed by atoms with van der Waals surface area (Å²) >= 11 is 0. The van der Waals surface area contributed by atoms with E-state index in [1.54, 1.807) is 0 Å². The summed E-state index contributed by atoms with van der Waals surface area (Å²) in [6.45, 7) is 0. The normalized spacial score (nSPS) is 9.00. The molecular weight excluding hydrogens is 142 g/mol. The Hall–Kier alpha value is -0.400. The van der Waals surface area contributed by atoms with Crippen LogP contribution in [0.15, 0.2) is 0 Å². The first-order chi connectivity index (χ1) is 4.41. The Balaban J connectivity index is 0. The highest BCUT2D eigenvalue weighted by Crippen LogP contribution is 1.19. The zero-order chi connectivity index (χ0) is 6.95. The first-order valence-corrected chi connectivity index (χ1v) is 2.08.